The van der Waals surface area contributed by atoms with Crippen molar-refractivity contribution < 1.29 is 9.59 Å². The van der Waals surface area contributed by atoms with Gasteiger partial charge in [-0.2, -0.15) is 0 Å². The van der Waals surface area contributed by atoms with Gasteiger partial charge >= 0.3 is 0 Å². The lowest BCUT2D eigenvalue weighted by Crippen LogP contribution is -2.42. The van der Waals surface area contributed by atoms with E-state index in [0.29, 0.717) is 12.8 Å². The van der Waals surface area contributed by atoms with Crippen LogP contribution in [0.4, 0.5) is 0 Å². The highest BCUT2D eigenvalue weighted by atomic mass is 16.2. The van der Waals surface area contributed by atoms with Gasteiger partial charge in [0.25, 0.3) is 0 Å². The van der Waals surface area contributed by atoms with Crippen LogP contribution < -0.4 is 11.1 Å². The minimum Gasteiger partial charge on any atom is -0.369 e. The largest absolute Gasteiger partial charge is 0.369 e. The Labute approximate surface area is 219 Å². The second-order valence-electron chi connectivity index (χ2n) is 10.3. The average Bonchev–Trinajstić information content (AvgIpc) is 3.22. The van der Waals surface area contributed by atoms with Crippen LogP contribution in [0.5, 0.6) is 0 Å². The van der Waals surface area contributed by atoms with E-state index < -0.39 is 17.7 Å². The number of nitrogens with one attached hydrogen (secondary N) is 1. The van der Waals surface area contributed by atoms with Crippen molar-refractivity contribution in [3.8, 4) is 22.5 Å². The molecule has 0 saturated heterocycles. The zero-order valence-electron chi connectivity index (χ0n) is 21.8. The number of primary amides is 1. The maximum atomic E-state index is 13.6. The molecular weight excluding hydrogens is 462 g/mol. The summed E-state index contributed by atoms with van der Waals surface area (Å²) in [5, 5.41) is 12.3. The molecule has 2 heterocycles. The number of hydrogen-bond acceptors (Lipinski definition) is 4. The number of benzene rings is 2. The molecule has 2 aromatic carbocycles. The van der Waals surface area contributed by atoms with Crippen molar-refractivity contribution >= 4 is 11.8 Å². The number of carbonyl (C=O) groups excluding carboxylic acids is 2. The van der Waals surface area contributed by atoms with Gasteiger partial charge in [0.05, 0.1) is 17.9 Å². The minimum absolute atomic E-state index is 0.159. The van der Waals surface area contributed by atoms with Gasteiger partial charge in [-0.3, -0.25) is 9.59 Å². The molecule has 0 aliphatic carbocycles. The smallest absolute Gasteiger partial charge is 0.224 e. The molecule has 3 N–H and O–H groups in total. The van der Waals surface area contributed by atoms with Gasteiger partial charge in [0.2, 0.25) is 11.8 Å². The van der Waals surface area contributed by atoms with Crippen LogP contribution in [0, 0.1) is 17.8 Å². The van der Waals surface area contributed by atoms with Crippen molar-refractivity contribution in [2.24, 2.45) is 23.5 Å². The minimum atomic E-state index is -0.583. The van der Waals surface area contributed by atoms with E-state index in [-0.39, 0.29) is 17.9 Å². The summed E-state index contributed by atoms with van der Waals surface area (Å²) in [5.41, 5.74) is 8.95. The lowest BCUT2D eigenvalue weighted by Gasteiger charge is -2.27. The molecule has 3 atom stereocenters. The molecule has 7 nitrogen and oxygen atoms in total. The molecule has 194 valence electrons. The van der Waals surface area contributed by atoms with Gasteiger partial charge in [-0.15, -0.1) is 16.8 Å². The van der Waals surface area contributed by atoms with E-state index in [2.05, 4.69) is 50.9 Å². The monoisotopic (exact) mass is 499 g/mol. The van der Waals surface area contributed by atoms with Crippen molar-refractivity contribution in [1.82, 2.24) is 20.1 Å². The molecular formula is C30H37N5O2. The summed E-state index contributed by atoms with van der Waals surface area (Å²) >= 11 is 0. The molecule has 1 aromatic heterocycles. The first-order valence-corrected chi connectivity index (χ1v) is 13.2. The summed E-state index contributed by atoms with van der Waals surface area (Å²) in [7, 11) is 0. The van der Waals surface area contributed by atoms with Gasteiger partial charge in [0, 0.05) is 12.1 Å². The third-order valence-electron chi connectivity index (χ3n) is 7.09. The Balaban J connectivity index is 1.62. The van der Waals surface area contributed by atoms with Gasteiger partial charge in [-0.05, 0) is 55.2 Å². The van der Waals surface area contributed by atoms with E-state index >= 15 is 0 Å². The molecule has 0 fully saturated rings. The quantitative estimate of drug-likeness (QED) is 0.370. The second-order valence-corrected chi connectivity index (χ2v) is 10.3. The highest BCUT2D eigenvalue weighted by Crippen LogP contribution is 2.32. The number of nitrogens with two attached hydrogens (primary N) is 1. The Hall–Kier alpha value is -3.74. The number of rotatable bonds is 10. The number of carbonyl (C=O) groups is 2. The molecule has 3 aromatic rings. The van der Waals surface area contributed by atoms with Crippen LogP contribution in [0.25, 0.3) is 22.5 Å². The standard InChI is InChI=1S/C30H37N5O2/c1-4-11-24(27(31)36)25(18-20(2)3)30(37)32-26-16-8-9-17-35-28(33-34-29(26)35)23-15-10-14-22(19-23)21-12-6-5-7-13-21/h4-7,10,12-15,19-20,24-26H,1,8-9,11,16-18H2,2-3H3,(H2,31,36)(H,32,37)/t24-,25+,26-/m0/s1. The first-order chi connectivity index (χ1) is 17.9. The van der Waals surface area contributed by atoms with Gasteiger partial charge < -0.3 is 15.6 Å². The molecule has 1 aliphatic heterocycles. The fourth-order valence-corrected chi connectivity index (χ4v) is 5.26. The Morgan fingerprint density at radius 2 is 1.78 bits per heavy atom. The van der Waals surface area contributed by atoms with Crippen molar-refractivity contribution in [3.63, 3.8) is 0 Å². The zero-order valence-corrected chi connectivity index (χ0v) is 21.8. The molecule has 0 spiro atoms. The zero-order chi connectivity index (χ0) is 26.4. The Morgan fingerprint density at radius 3 is 2.49 bits per heavy atom. The number of allylic oxidation sites excluding steroid dienone is 1. The van der Waals surface area contributed by atoms with E-state index in [1.165, 1.54) is 0 Å². The number of hydrogen-bond donors (Lipinski definition) is 2. The van der Waals surface area contributed by atoms with Crippen molar-refractivity contribution in [3.05, 3.63) is 73.1 Å². The van der Waals surface area contributed by atoms with Crippen LogP contribution in [0.1, 0.15) is 57.8 Å². The maximum Gasteiger partial charge on any atom is 0.224 e. The molecule has 0 bridgehead atoms. The van der Waals surface area contributed by atoms with E-state index in [1.807, 2.05) is 44.2 Å². The molecule has 0 saturated carbocycles. The van der Waals surface area contributed by atoms with Crippen LogP contribution >= 0.6 is 0 Å². The number of aromatic nitrogens is 3. The third-order valence-corrected chi connectivity index (χ3v) is 7.09. The molecule has 7 heteroatoms. The van der Waals surface area contributed by atoms with Crippen LogP contribution in [-0.2, 0) is 16.1 Å². The normalized spacial score (nSPS) is 16.9. The van der Waals surface area contributed by atoms with Crippen molar-refractivity contribution in [1.29, 1.82) is 0 Å². The van der Waals surface area contributed by atoms with Gasteiger partial charge in [0.15, 0.2) is 11.6 Å². The highest BCUT2D eigenvalue weighted by Gasteiger charge is 2.34. The number of fused-ring (bicyclic) bond motifs is 1. The highest BCUT2D eigenvalue weighted by molar-refractivity contribution is 5.87. The summed E-state index contributed by atoms with van der Waals surface area (Å²) in [6.45, 7) is 8.64. The molecule has 0 radical (unpaired) electrons. The lowest BCUT2D eigenvalue weighted by molar-refractivity contribution is -0.134. The predicted molar refractivity (Wildman–Crippen MR) is 146 cm³/mol. The fraction of sp³-hybridized carbons (Fsp3) is 0.400. The SMILES string of the molecule is C=CC[C@H](C(N)=O)[C@@H](CC(C)C)C(=O)N[C@H]1CCCCn2c(-c3cccc(-c4ccccc4)c3)nnc21. The maximum absolute atomic E-state index is 13.6. The Morgan fingerprint density at radius 1 is 1.05 bits per heavy atom. The fourth-order valence-electron chi connectivity index (χ4n) is 5.26. The molecule has 0 unspecified atom stereocenters. The third kappa shape index (κ3) is 6.16. The van der Waals surface area contributed by atoms with Crippen molar-refractivity contribution in [2.45, 2.75) is 58.5 Å². The molecule has 1 aliphatic rings. The summed E-state index contributed by atoms with van der Waals surface area (Å²) in [5.74, 6) is 0.0716. The van der Waals surface area contributed by atoms with E-state index in [0.717, 1.165) is 54.1 Å². The topological polar surface area (TPSA) is 103 Å². The van der Waals surface area contributed by atoms with Crippen LogP contribution in [0.2, 0.25) is 0 Å². The Kier molecular flexibility index (Phi) is 8.54. The summed E-state index contributed by atoms with van der Waals surface area (Å²) in [6.07, 6.45) is 5.31. The lowest BCUT2D eigenvalue weighted by atomic mass is 9.82. The van der Waals surface area contributed by atoms with E-state index in [1.54, 1.807) is 6.08 Å². The summed E-state index contributed by atoms with van der Waals surface area (Å²) in [6, 6.07) is 18.3. The van der Waals surface area contributed by atoms with Crippen LogP contribution in [-0.4, -0.2) is 26.6 Å². The Bertz CT molecular complexity index is 1230. The second kappa shape index (κ2) is 12.0. The summed E-state index contributed by atoms with van der Waals surface area (Å²) in [4.78, 5) is 25.8. The molecule has 37 heavy (non-hydrogen) atoms. The summed E-state index contributed by atoms with van der Waals surface area (Å²) < 4.78 is 2.13. The van der Waals surface area contributed by atoms with Crippen molar-refractivity contribution in [2.75, 3.05) is 0 Å². The number of amides is 2. The molecule has 4 rings (SSSR count). The predicted octanol–water partition coefficient (Wildman–Crippen LogP) is 5.29. The first kappa shape index (κ1) is 26.3. The van der Waals surface area contributed by atoms with Gasteiger partial charge in [-0.1, -0.05) is 68.5 Å². The number of nitrogens with zero attached hydrogens (tertiary/aromatic N) is 3. The average molecular weight is 500 g/mol. The van der Waals surface area contributed by atoms with Crippen LogP contribution in [0.15, 0.2) is 67.3 Å². The van der Waals surface area contributed by atoms with E-state index in [9.17, 15) is 9.59 Å². The molecule has 2 amide bonds. The van der Waals surface area contributed by atoms with Gasteiger partial charge in [0.1, 0.15) is 0 Å². The van der Waals surface area contributed by atoms with E-state index in [4.69, 9.17) is 5.73 Å². The first-order valence-electron chi connectivity index (χ1n) is 13.2. The van der Waals surface area contributed by atoms with Crippen LogP contribution in [0.3, 0.4) is 0 Å². The van der Waals surface area contributed by atoms with Gasteiger partial charge in [-0.25, -0.2) is 0 Å².